The summed E-state index contributed by atoms with van der Waals surface area (Å²) < 4.78 is 5.23. The lowest BCUT2D eigenvalue weighted by Crippen LogP contribution is -2.39. The van der Waals surface area contributed by atoms with Crippen LogP contribution in [0.15, 0.2) is 42.6 Å². The Morgan fingerprint density at radius 3 is 2.41 bits per heavy atom. The number of methoxy groups -OCH3 is 1. The molecule has 0 aliphatic heterocycles. The van der Waals surface area contributed by atoms with Crippen LogP contribution >= 0.6 is 11.3 Å². The van der Waals surface area contributed by atoms with E-state index in [2.05, 4.69) is 41.5 Å². The van der Waals surface area contributed by atoms with Crippen LogP contribution in [0.2, 0.25) is 0 Å². The molecule has 178 valence electrons. The number of nitrogens with zero attached hydrogens (tertiary/aromatic N) is 1. The molecule has 1 aliphatic rings. The van der Waals surface area contributed by atoms with Crippen molar-refractivity contribution in [1.82, 2.24) is 10.3 Å². The lowest BCUT2D eigenvalue weighted by atomic mass is 9.86. The van der Waals surface area contributed by atoms with Crippen molar-refractivity contribution in [2.45, 2.75) is 52.0 Å². The number of hydrogen-bond donors (Lipinski definition) is 2. The second-order valence-corrected chi connectivity index (χ2v) is 10.3. The summed E-state index contributed by atoms with van der Waals surface area (Å²) in [5.41, 5.74) is 5.10. The fraction of sp³-hybridized carbons (Fsp3) is 0.370. The molecule has 0 atom stereocenters. The van der Waals surface area contributed by atoms with Gasteiger partial charge in [-0.25, -0.2) is 4.98 Å². The van der Waals surface area contributed by atoms with Gasteiger partial charge in [0, 0.05) is 28.1 Å². The summed E-state index contributed by atoms with van der Waals surface area (Å²) in [5.74, 6) is -0.482. The Labute approximate surface area is 204 Å². The summed E-state index contributed by atoms with van der Waals surface area (Å²) in [7, 11) is 1.61. The fourth-order valence-corrected chi connectivity index (χ4v) is 5.78. The first-order chi connectivity index (χ1) is 16.4. The number of aliphatic carboxylic acids is 1. The number of hydrogen-bond acceptors (Lipinski definition) is 5. The molecule has 0 bridgehead atoms. The number of pyridine rings is 1. The molecule has 2 aromatic heterocycles. The number of nitrogens with one attached hydrogen (secondary N) is 1. The van der Waals surface area contributed by atoms with E-state index >= 15 is 0 Å². The Hall–Kier alpha value is -3.19. The highest BCUT2D eigenvalue weighted by molar-refractivity contribution is 7.12. The van der Waals surface area contributed by atoms with Gasteiger partial charge in [-0.3, -0.25) is 9.59 Å². The molecule has 2 heterocycles. The van der Waals surface area contributed by atoms with Crippen molar-refractivity contribution in [2.75, 3.05) is 7.11 Å². The summed E-state index contributed by atoms with van der Waals surface area (Å²) in [6.07, 6.45) is 5.07. The number of carbonyl (C=O) groups is 2. The smallest absolute Gasteiger partial charge is 0.306 e. The van der Waals surface area contributed by atoms with Gasteiger partial charge in [0.15, 0.2) is 0 Å². The predicted molar refractivity (Wildman–Crippen MR) is 134 cm³/mol. The molecule has 1 amide bonds. The average Bonchev–Trinajstić information content (AvgIpc) is 3.12. The number of aryl methyl sites for hydroxylation is 2. The van der Waals surface area contributed by atoms with Gasteiger partial charge in [-0.2, -0.15) is 0 Å². The Morgan fingerprint density at radius 2 is 1.76 bits per heavy atom. The van der Waals surface area contributed by atoms with E-state index in [-0.39, 0.29) is 17.9 Å². The van der Waals surface area contributed by atoms with Crippen molar-refractivity contribution in [3.05, 3.63) is 69.0 Å². The fourth-order valence-electron chi connectivity index (χ4n) is 4.70. The van der Waals surface area contributed by atoms with Crippen molar-refractivity contribution in [2.24, 2.45) is 5.92 Å². The molecule has 0 spiro atoms. The van der Waals surface area contributed by atoms with Crippen molar-refractivity contribution >= 4 is 23.2 Å². The molecule has 0 unspecified atom stereocenters. The van der Waals surface area contributed by atoms with Gasteiger partial charge in [0.1, 0.15) is 0 Å². The number of ether oxygens (including phenoxy) is 1. The van der Waals surface area contributed by atoms with Gasteiger partial charge in [-0.15, -0.1) is 11.3 Å². The number of rotatable bonds is 7. The lowest BCUT2D eigenvalue weighted by molar-refractivity contribution is -0.142. The molecular weight excluding hydrogens is 448 g/mol. The Balaban J connectivity index is 1.48. The molecule has 6 nitrogen and oxygen atoms in total. The number of carboxylic acid groups (broad SMARTS) is 1. The van der Waals surface area contributed by atoms with Crippen LogP contribution in [0, 0.1) is 19.8 Å². The molecule has 1 saturated carbocycles. The number of aromatic nitrogens is 1. The van der Waals surface area contributed by atoms with E-state index in [1.165, 1.54) is 0 Å². The standard InChI is InChI=1S/C27H30N2O4S/c1-16-23(14-18-4-6-19(7-5-18)21-12-13-28-24(15-21)33-3)25(17(2)34-16)26(30)29-22-10-8-20(9-11-22)27(31)32/h4-7,12-13,15,20,22H,8-11,14H2,1-3H3,(H,29,30)(H,31,32). The first-order valence-electron chi connectivity index (χ1n) is 11.6. The van der Waals surface area contributed by atoms with Crippen molar-refractivity contribution in [1.29, 1.82) is 0 Å². The van der Waals surface area contributed by atoms with Crippen molar-refractivity contribution in [3.8, 4) is 17.0 Å². The highest BCUT2D eigenvalue weighted by atomic mass is 32.1. The van der Waals surface area contributed by atoms with Crippen LogP contribution in [0.5, 0.6) is 5.88 Å². The lowest BCUT2D eigenvalue weighted by Gasteiger charge is -2.27. The molecule has 0 radical (unpaired) electrons. The predicted octanol–water partition coefficient (Wildman–Crippen LogP) is 5.40. The van der Waals surface area contributed by atoms with Crippen LogP contribution < -0.4 is 10.1 Å². The van der Waals surface area contributed by atoms with Gasteiger partial charge in [0.25, 0.3) is 5.91 Å². The third kappa shape index (κ3) is 5.30. The topological polar surface area (TPSA) is 88.5 Å². The Kier molecular flexibility index (Phi) is 7.32. The Bertz CT molecular complexity index is 1180. The number of amides is 1. The van der Waals surface area contributed by atoms with Gasteiger partial charge < -0.3 is 15.2 Å². The molecule has 0 saturated heterocycles. The third-order valence-corrected chi connectivity index (χ3v) is 7.70. The van der Waals surface area contributed by atoms with Crippen LogP contribution in [0.3, 0.4) is 0 Å². The highest BCUT2D eigenvalue weighted by Crippen LogP contribution is 2.31. The zero-order valence-electron chi connectivity index (χ0n) is 19.8. The van der Waals surface area contributed by atoms with Gasteiger partial charge in [0.05, 0.1) is 18.6 Å². The first-order valence-corrected chi connectivity index (χ1v) is 12.4. The van der Waals surface area contributed by atoms with Crippen LogP contribution in [0.1, 0.15) is 56.9 Å². The maximum absolute atomic E-state index is 13.2. The number of benzene rings is 1. The molecular formula is C27H30N2O4S. The van der Waals surface area contributed by atoms with E-state index in [1.54, 1.807) is 24.6 Å². The van der Waals surface area contributed by atoms with Gasteiger partial charge in [-0.05, 0) is 74.3 Å². The minimum Gasteiger partial charge on any atom is -0.481 e. The molecule has 1 aromatic carbocycles. The highest BCUT2D eigenvalue weighted by Gasteiger charge is 2.28. The molecule has 1 aliphatic carbocycles. The largest absolute Gasteiger partial charge is 0.481 e. The van der Waals surface area contributed by atoms with E-state index in [1.807, 2.05) is 19.1 Å². The van der Waals surface area contributed by atoms with Gasteiger partial charge in [0.2, 0.25) is 5.88 Å². The zero-order chi connectivity index (χ0) is 24.2. The number of thiophene rings is 1. The second-order valence-electron chi connectivity index (χ2n) is 8.89. The molecule has 34 heavy (non-hydrogen) atoms. The van der Waals surface area contributed by atoms with Gasteiger partial charge >= 0.3 is 5.97 Å². The summed E-state index contributed by atoms with van der Waals surface area (Å²) in [4.78, 5) is 30.8. The van der Waals surface area contributed by atoms with E-state index in [4.69, 9.17) is 4.74 Å². The summed E-state index contributed by atoms with van der Waals surface area (Å²) in [6.45, 7) is 4.07. The summed E-state index contributed by atoms with van der Waals surface area (Å²) in [6, 6.07) is 12.3. The Morgan fingerprint density at radius 1 is 1.06 bits per heavy atom. The molecule has 7 heteroatoms. The van der Waals surface area contributed by atoms with Crippen LogP contribution in [-0.4, -0.2) is 35.1 Å². The monoisotopic (exact) mass is 478 g/mol. The van der Waals surface area contributed by atoms with Crippen LogP contribution in [0.25, 0.3) is 11.1 Å². The van der Waals surface area contributed by atoms with Crippen LogP contribution in [-0.2, 0) is 11.2 Å². The molecule has 4 rings (SSSR count). The quantitative estimate of drug-likeness (QED) is 0.475. The number of carboxylic acids is 1. The van der Waals surface area contributed by atoms with E-state index in [0.29, 0.717) is 38.0 Å². The maximum Gasteiger partial charge on any atom is 0.306 e. The molecule has 2 N–H and O–H groups in total. The van der Waals surface area contributed by atoms with Crippen molar-refractivity contribution in [3.63, 3.8) is 0 Å². The maximum atomic E-state index is 13.2. The van der Waals surface area contributed by atoms with E-state index in [9.17, 15) is 14.7 Å². The SMILES string of the molecule is COc1cc(-c2ccc(Cc3c(C)sc(C)c3C(=O)NC3CCC(C(=O)O)CC3)cc2)ccn1. The number of carbonyl (C=O) groups excluding carboxylic acids is 1. The summed E-state index contributed by atoms with van der Waals surface area (Å²) >= 11 is 1.65. The summed E-state index contributed by atoms with van der Waals surface area (Å²) in [5, 5.41) is 12.4. The third-order valence-electron chi connectivity index (χ3n) is 6.64. The minimum absolute atomic E-state index is 0.0344. The molecule has 3 aromatic rings. The first kappa shape index (κ1) is 24.0. The van der Waals surface area contributed by atoms with Crippen molar-refractivity contribution < 1.29 is 19.4 Å². The molecule has 1 fully saturated rings. The van der Waals surface area contributed by atoms with Gasteiger partial charge in [-0.1, -0.05) is 24.3 Å². The zero-order valence-corrected chi connectivity index (χ0v) is 20.6. The van der Waals surface area contributed by atoms with Crippen LogP contribution in [0.4, 0.5) is 0 Å². The van der Waals surface area contributed by atoms with E-state index < -0.39 is 5.97 Å². The second kappa shape index (κ2) is 10.4. The normalized spacial score (nSPS) is 17.9. The average molecular weight is 479 g/mol. The minimum atomic E-state index is -0.731. The van der Waals surface area contributed by atoms with E-state index in [0.717, 1.165) is 37.6 Å².